The van der Waals surface area contributed by atoms with Gasteiger partial charge in [-0.1, -0.05) is 13.8 Å². The van der Waals surface area contributed by atoms with Gasteiger partial charge in [-0.15, -0.1) is 4.98 Å². The largest absolute Gasteiger partial charge is 0.461 e. The second-order valence-electron chi connectivity index (χ2n) is 4.85. The van der Waals surface area contributed by atoms with Crippen LogP contribution in [0.1, 0.15) is 27.7 Å². The lowest BCUT2D eigenvalue weighted by Gasteiger charge is -2.11. The van der Waals surface area contributed by atoms with Gasteiger partial charge < -0.3 is 14.2 Å². The molecule has 0 bridgehead atoms. The quantitative estimate of drug-likeness (QED) is 0.393. The fourth-order valence-corrected chi connectivity index (χ4v) is 1.24. The lowest BCUT2D eigenvalue weighted by molar-refractivity contribution is 0.0786. The van der Waals surface area contributed by atoms with Gasteiger partial charge >= 0.3 is 12.0 Å². The Bertz CT molecular complexity index is 401. The molecular formula is C12H23N5O3. The molecule has 0 unspecified atom stereocenters. The van der Waals surface area contributed by atoms with Crippen molar-refractivity contribution in [1.29, 1.82) is 0 Å². The van der Waals surface area contributed by atoms with Gasteiger partial charge in [-0.3, -0.25) is 5.43 Å². The van der Waals surface area contributed by atoms with Crippen molar-refractivity contribution in [3.8, 4) is 12.0 Å². The highest BCUT2D eigenvalue weighted by Gasteiger charge is 2.09. The van der Waals surface area contributed by atoms with E-state index < -0.39 is 0 Å². The van der Waals surface area contributed by atoms with E-state index in [-0.39, 0.29) is 24.1 Å². The Morgan fingerprint density at radius 2 is 1.75 bits per heavy atom. The number of ether oxygens (including phenoxy) is 3. The summed E-state index contributed by atoms with van der Waals surface area (Å²) in [6.45, 7) is 9.43. The number of hydrazine groups is 1. The van der Waals surface area contributed by atoms with Crippen LogP contribution in [0.15, 0.2) is 0 Å². The molecule has 8 nitrogen and oxygen atoms in total. The maximum absolute atomic E-state index is 5.40. The monoisotopic (exact) mass is 285 g/mol. The Hall–Kier alpha value is -1.67. The van der Waals surface area contributed by atoms with Crippen molar-refractivity contribution < 1.29 is 14.2 Å². The zero-order valence-corrected chi connectivity index (χ0v) is 12.4. The zero-order chi connectivity index (χ0) is 15.0. The molecule has 0 atom stereocenters. The van der Waals surface area contributed by atoms with Gasteiger partial charge in [-0.2, -0.15) is 9.97 Å². The Labute approximate surface area is 119 Å². The normalized spacial score (nSPS) is 10.9. The van der Waals surface area contributed by atoms with Crippen LogP contribution >= 0.6 is 0 Å². The second kappa shape index (κ2) is 8.49. The van der Waals surface area contributed by atoms with Crippen LogP contribution in [0.4, 0.5) is 5.95 Å². The highest BCUT2D eigenvalue weighted by molar-refractivity contribution is 5.25. The van der Waals surface area contributed by atoms with E-state index in [9.17, 15) is 0 Å². The minimum absolute atomic E-state index is 0.0507. The minimum Gasteiger partial charge on any atom is -0.461 e. The first-order valence-corrected chi connectivity index (χ1v) is 6.61. The van der Waals surface area contributed by atoms with E-state index in [2.05, 4.69) is 34.2 Å². The minimum atomic E-state index is -0.0507. The average molecular weight is 285 g/mol. The molecule has 0 aromatic carbocycles. The molecule has 20 heavy (non-hydrogen) atoms. The summed E-state index contributed by atoms with van der Waals surface area (Å²) < 4.78 is 16.2. The number of nitrogens with one attached hydrogen (secondary N) is 1. The van der Waals surface area contributed by atoms with Crippen molar-refractivity contribution in [3.05, 3.63) is 0 Å². The van der Waals surface area contributed by atoms with Crippen LogP contribution in [0.3, 0.4) is 0 Å². The molecule has 0 radical (unpaired) electrons. The van der Waals surface area contributed by atoms with Crippen LogP contribution in [0.5, 0.6) is 12.0 Å². The van der Waals surface area contributed by atoms with Crippen molar-refractivity contribution in [2.45, 2.75) is 33.8 Å². The first kappa shape index (κ1) is 16.4. The van der Waals surface area contributed by atoms with Gasteiger partial charge in [-0.25, -0.2) is 5.84 Å². The van der Waals surface area contributed by atoms with Crippen LogP contribution in [0.25, 0.3) is 0 Å². The van der Waals surface area contributed by atoms with E-state index in [1.165, 1.54) is 0 Å². The molecular weight excluding hydrogens is 262 g/mol. The van der Waals surface area contributed by atoms with Crippen LogP contribution < -0.4 is 20.7 Å². The predicted octanol–water partition coefficient (Wildman–Crippen LogP) is 0.996. The number of anilines is 1. The third kappa shape index (κ3) is 6.48. The van der Waals surface area contributed by atoms with Crippen LogP contribution in [0, 0.1) is 5.92 Å². The summed E-state index contributed by atoms with van der Waals surface area (Å²) in [4.78, 5) is 12.0. The summed E-state index contributed by atoms with van der Waals surface area (Å²) in [5, 5.41) is 0. The van der Waals surface area contributed by atoms with Gasteiger partial charge in [0, 0.05) is 6.61 Å². The highest BCUT2D eigenvalue weighted by Crippen LogP contribution is 2.13. The zero-order valence-electron chi connectivity index (χ0n) is 12.4. The number of nitrogen functional groups attached to an aromatic ring is 1. The standard InChI is InChI=1S/C12H23N5O3/c1-8(2)7-18-5-6-19-11-14-10(17-13)15-12(16-11)20-9(3)4/h8-9H,5-7,13H2,1-4H3,(H,14,15,16,17). The molecule has 0 saturated heterocycles. The molecule has 1 rings (SSSR count). The third-order valence-corrected chi connectivity index (χ3v) is 1.97. The van der Waals surface area contributed by atoms with Crippen molar-refractivity contribution in [3.63, 3.8) is 0 Å². The third-order valence-electron chi connectivity index (χ3n) is 1.97. The summed E-state index contributed by atoms with van der Waals surface area (Å²) in [6.07, 6.45) is -0.0507. The van der Waals surface area contributed by atoms with Crippen molar-refractivity contribution in [2.24, 2.45) is 11.8 Å². The molecule has 8 heteroatoms. The van der Waals surface area contributed by atoms with Crippen molar-refractivity contribution in [2.75, 3.05) is 25.2 Å². The molecule has 0 saturated carbocycles. The second-order valence-corrected chi connectivity index (χ2v) is 4.85. The predicted molar refractivity (Wildman–Crippen MR) is 74.6 cm³/mol. The fourth-order valence-electron chi connectivity index (χ4n) is 1.24. The van der Waals surface area contributed by atoms with Gasteiger partial charge in [0.25, 0.3) is 0 Å². The van der Waals surface area contributed by atoms with Crippen molar-refractivity contribution >= 4 is 5.95 Å². The van der Waals surface area contributed by atoms with Crippen LogP contribution in [0.2, 0.25) is 0 Å². The van der Waals surface area contributed by atoms with Gasteiger partial charge in [0.1, 0.15) is 6.61 Å². The molecule has 0 fully saturated rings. The molecule has 0 aliphatic rings. The van der Waals surface area contributed by atoms with Gasteiger partial charge in [0.05, 0.1) is 12.7 Å². The Kier molecular flexibility index (Phi) is 6.96. The molecule has 114 valence electrons. The number of rotatable bonds is 9. The van der Waals surface area contributed by atoms with E-state index in [4.69, 9.17) is 20.1 Å². The first-order chi connectivity index (χ1) is 9.51. The molecule has 1 heterocycles. The Morgan fingerprint density at radius 1 is 1.05 bits per heavy atom. The molecule has 1 aromatic rings. The lowest BCUT2D eigenvalue weighted by atomic mass is 10.2. The molecule has 0 aliphatic carbocycles. The summed E-state index contributed by atoms with van der Waals surface area (Å²) >= 11 is 0. The molecule has 3 N–H and O–H groups in total. The van der Waals surface area contributed by atoms with E-state index in [1.807, 2.05) is 13.8 Å². The Morgan fingerprint density at radius 3 is 2.35 bits per heavy atom. The average Bonchev–Trinajstić information content (AvgIpc) is 2.36. The lowest BCUT2D eigenvalue weighted by Crippen LogP contribution is -2.16. The number of nitrogens with zero attached hydrogens (tertiary/aromatic N) is 3. The van der Waals surface area contributed by atoms with Gasteiger partial charge in [-0.05, 0) is 19.8 Å². The van der Waals surface area contributed by atoms with Crippen LogP contribution in [-0.4, -0.2) is 40.9 Å². The topological polar surface area (TPSA) is 104 Å². The van der Waals surface area contributed by atoms with E-state index in [0.717, 1.165) is 0 Å². The summed E-state index contributed by atoms with van der Waals surface area (Å²) in [5.41, 5.74) is 2.34. The number of hydrogen-bond donors (Lipinski definition) is 2. The van der Waals surface area contributed by atoms with Crippen molar-refractivity contribution in [1.82, 2.24) is 15.0 Å². The van der Waals surface area contributed by atoms with E-state index in [0.29, 0.717) is 25.7 Å². The first-order valence-electron chi connectivity index (χ1n) is 6.61. The molecule has 0 aliphatic heterocycles. The van der Waals surface area contributed by atoms with E-state index >= 15 is 0 Å². The fraction of sp³-hybridized carbons (Fsp3) is 0.750. The summed E-state index contributed by atoms with van der Waals surface area (Å²) in [7, 11) is 0. The highest BCUT2D eigenvalue weighted by atomic mass is 16.5. The smallest absolute Gasteiger partial charge is 0.324 e. The van der Waals surface area contributed by atoms with Gasteiger partial charge in [0.15, 0.2) is 0 Å². The number of nitrogens with two attached hydrogens (primary N) is 1. The number of aromatic nitrogens is 3. The maximum atomic E-state index is 5.40. The summed E-state index contributed by atoms with van der Waals surface area (Å²) in [6, 6.07) is 0.317. The number of hydrogen-bond acceptors (Lipinski definition) is 8. The van der Waals surface area contributed by atoms with E-state index in [1.54, 1.807) is 0 Å². The molecule has 1 aromatic heterocycles. The van der Waals surface area contributed by atoms with Gasteiger partial charge in [0.2, 0.25) is 5.95 Å². The maximum Gasteiger partial charge on any atom is 0.324 e. The summed E-state index contributed by atoms with van der Waals surface area (Å²) in [5.74, 6) is 5.97. The molecule has 0 amide bonds. The van der Waals surface area contributed by atoms with Crippen LogP contribution in [-0.2, 0) is 4.74 Å². The SMILES string of the molecule is CC(C)COCCOc1nc(NN)nc(OC(C)C)n1. The Balaban J connectivity index is 2.51. The molecule has 0 spiro atoms.